The Balaban J connectivity index is 1.52. The summed E-state index contributed by atoms with van der Waals surface area (Å²) in [7, 11) is -3.61. The van der Waals surface area contributed by atoms with Crippen LogP contribution in [-0.4, -0.2) is 46.8 Å². The molecule has 2 aromatic rings. The molecular weight excluding hydrogens is 410 g/mol. The molecule has 0 unspecified atom stereocenters. The van der Waals surface area contributed by atoms with Crippen LogP contribution in [0.3, 0.4) is 0 Å². The highest BCUT2D eigenvalue weighted by Crippen LogP contribution is 2.27. The topological polar surface area (TPSA) is 69.7 Å². The van der Waals surface area contributed by atoms with Gasteiger partial charge in [-0.05, 0) is 49.1 Å². The summed E-state index contributed by atoms with van der Waals surface area (Å²) in [5.74, 6) is -0.339. The molecule has 8 heteroatoms. The average molecular weight is 436 g/mol. The van der Waals surface area contributed by atoms with Gasteiger partial charge in [0.1, 0.15) is 6.54 Å². The minimum absolute atomic E-state index is 0.273. The van der Waals surface area contributed by atoms with Gasteiger partial charge in [0.05, 0.1) is 11.9 Å². The second-order valence-corrected chi connectivity index (χ2v) is 9.59. The zero-order valence-electron chi connectivity index (χ0n) is 16.7. The predicted octanol–water partition coefficient (Wildman–Crippen LogP) is 2.98. The fourth-order valence-electron chi connectivity index (χ4n) is 3.46. The van der Waals surface area contributed by atoms with E-state index < -0.39 is 10.0 Å². The Bertz CT molecular complexity index is 994. The van der Waals surface area contributed by atoms with Crippen molar-refractivity contribution in [3.05, 3.63) is 58.6 Å². The number of fused-ring (bicyclic) bond motifs is 1. The number of anilines is 2. The first-order valence-corrected chi connectivity index (χ1v) is 11.8. The minimum Gasteiger partial charge on any atom is -0.371 e. The van der Waals surface area contributed by atoms with Crippen LogP contribution in [0.5, 0.6) is 0 Å². The van der Waals surface area contributed by atoms with E-state index in [4.69, 9.17) is 11.6 Å². The Morgan fingerprint density at radius 1 is 1.24 bits per heavy atom. The van der Waals surface area contributed by atoms with E-state index in [0.717, 1.165) is 42.1 Å². The molecular formula is C21H26ClN3O3S. The van der Waals surface area contributed by atoms with Crippen molar-refractivity contribution in [2.75, 3.05) is 41.6 Å². The van der Waals surface area contributed by atoms with Gasteiger partial charge < -0.3 is 10.2 Å². The van der Waals surface area contributed by atoms with Crippen molar-refractivity contribution >= 4 is 38.9 Å². The molecule has 0 radical (unpaired) electrons. The fraction of sp³-hybridized carbons (Fsp3) is 0.381. The van der Waals surface area contributed by atoms with Gasteiger partial charge in [0.25, 0.3) is 0 Å². The number of carbonyl (C=O) groups excluding carboxylic acids is 1. The van der Waals surface area contributed by atoms with Gasteiger partial charge in [-0.1, -0.05) is 35.9 Å². The normalized spacial score (nSPS) is 13.3. The number of hydrogen-bond donors (Lipinski definition) is 1. The van der Waals surface area contributed by atoms with E-state index >= 15 is 0 Å². The third-order valence-electron chi connectivity index (χ3n) is 5.04. The average Bonchev–Trinajstić information content (AvgIpc) is 3.08. The summed E-state index contributed by atoms with van der Waals surface area (Å²) in [4.78, 5) is 14.7. The highest BCUT2D eigenvalue weighted by molar-refractivity contribution is 7.92. The van der Waals surface area contributed by atoms with Gasteiger partial charge >= 0.3 is 0 Å². The van der Waals surface area contributed by atoms with Crippen LogP contribution in [0.2, 0.25) is 5.02 Å². The maximum atomic E-state index is 12.4. The standard InChI is InChI=1S/C21H26ClN3O3S/c1-16-8-9-18(14-19(16)22)25(29(2,27)28)15-21(26)23-11-5-12-24-13-10-17-6-3-4-7-20(17)24/h3-4,6-9,14H,5,10-13,15H2,1-2H3,(H,23,26). The van der Waals surface area contributed by atoms with E-state index in [1.165, 1.54) is 11.3 Å². The van der Waals surface area contributed by atoms with Gasteiger partial charge in [-0.15, -0.1) is 0 Å². The second-order valence-electron chi connectivity index (χ2n) is 7.27. The van der Waals surface area contributed by atoms with Gasteiger partial charge in [-0.2, -0.15) is 0 Å². The van der Waals surface area contributed by atoms with Crippen molar-refractivity contribution in [1.29, 1.82) is 0 Å². The van der Waals surface area contributed by atoms with Crippen LogP contribution in [0, 0.1) is 6.92 Å². The van der Waals surface area contributed by atoms with Crippen LogP contribution in [-0.2, 0) is 21.2 Å². The maximum absolute atomic E-state index is 12.4. The molecule has 0 aromatic heterocycles. The molecule has 0 aliphatic carbocycles. The molecule has 1 N–H and O–H groups in total. The number of aryl methyl sites for hydroxylation is 1. The van der Waals surface area contributed by atoms with Crippen molar-refractivity contribution in [1.82, 2.24) is 5.32 Å². The lowest BCUT2D eigenvalue weighted by Crippen LogP contribution is -2.41. The van der Waals surface area contributed by atoms with Gasteiger partial charge in [-0.25, -0.2) is 8.42 Å². The van der Waals surface area contributed by atoms with Crippen LogP contribution < -0.4 is 14.5 Å². The van der Waals surface area contributed by atoms with Crippen molar-refractivity contribution < 1.29 is 13.2 Å². The number of para-hydroxylation sites is 1. The Kier molecular flexibility index (Phi) is 6.70. The van der Waals surface area contributed by atoms with Crippen LogP contribution in [0.1, 0.15) is 17.5 Å². The Morgan fingerprint density at radius 3 is 2.72 bits per heavy atom. The molecule has 1 amide bonds. The Labute approximate surface area is 177 Å². The van der Waals surface area contributed by atoms with E-state index in [9.17, 15) is 13.2 Å². The lowest BCUT2D eigenvalue weighted by molar-refractivity contribution is -0.119. The maximum Gasteiger partial charge on any atom is 0.240 e. The van der Waals surface area contributed by atoms with Crippen molar-refractivity contribution in [3.63, 3.8) is 0 Å². The summed E-state index contributed by atoms with van der Waals surface area (Å²) >= 11 is 6.12. The first-order valence-electron chi connectivity index (χ1n) is 9.59. The third-order valence-corrected chi connectivity index (χ3v) is 6.59. The summed E-state index contributed by atoms with van der Waals surface area (Å²) in [6.45, 7) is 3.89. The van der Waals surface area contributed by atoms with Crippen LogP contribution in [0.4, 0.5) is 11.4 Å². The third kappa shape index (κ3) is 5.42. The molecule has 156 valence electrons. The number of amides is 1. The summed E-state index contributed by atoms with van der Waals surface area (Å²) in [5.41, 5.74) is 3.85. The lowest BCUT2D eigenvalue weighted by Gasteiger charge is -2.23. The Hall–Kier alpha value is -2.25. The van der Waals surface area contributed by atoms with E-state index in [1.54, 1.807) is 18.2 Å². The van der Waals surface area contributed by atoms with Crippen LogP contribution in [0.25, 0.3) is 0 Å². The molecule has 0 saturated carbocycles. The number of nitrogens with one attached hydrogen (secondary N) is 1. The molecule has 0 atom stereocenters. The zero-order valence-corrected chi connectivity index (χ0v) is 18.3. The number of sulfonamides is 1. The number of nitrogens with zero attached hydrogens (tertiary/aromatic N) is 2. The van der Waals surface area contributed by atoms with Crippen molar-refractivity contribution in [2.24, 2.45) is 0 Å². The van der Waals surface area contributed by atoms with Crippen LogP contribution in [0.15, 0.2) is 42.5 Å². The number of benzene rings is 2. The largest absolute Gasteiger partial charge is 0.371 e. The van der Waals surface area contributed by atoms with Gasteiger partial charge in [-0.3, -0.25) is 9.10 Å². The first kappa shape index (κ1) is 21.5. The number of hydrogen-bond acceptors (Lipinski definition) is 4. The van der Waals surface area contributed by atoms with Crippen molar-refractivity contribution in [3.8, 4) is 0 Å². The lowest BCUT2D eigenvalue weighted by atomic mass is 10.2. The molecule has 0 saturated heterocycles. The molecule has 0 bridgehead atoms. The van der Waals surface area contributed by atoms with E-state index in [1.807, 2.05) is 13.0 Å². The van der Waals surface area contributed by atoms with Crippen LogP contribution >= 0.6 is 11.6 Å². The Morgan fingerprint density at radius 2 is 2.00 bits per heavy atom. The van der Waals surface area contributed by atoms with E-state index in [-0.39, 0.29) is 12.5 Å². The number of halogens is 1. The van der Waals surface area contributed by atoms with E-state index in [2.05, 4.69) is 28.4 Å². The SMILES string of the molecule is Cc1ccc(N(CC(=O)NCCCN2CCc3ccccc32)S(C)(=O)=O)cc1Cl. The zero-order chi connectivity index (χ0) is 21.0. The molecule has 6 nitrogen and oxygen atoms in total. The van der Waals surface area contributed by atoms with Gasteiger partial charge in [0.2, 0.25) is 15.9 Å². The predicted molar refractivity (Wildman–Crippen MR) is 118 cm³/mol. The van der Waals surface area contributed by atoms with Gasteiger partial charge in [0.15, 0.2) is 0 Å². The minimum atomic E-state index is -3.61. The second kappa shape index (κ2) is 9.05. The number of carbonyl (C=O) groups is 1. The fourth-order valence-corrected chi connectivity index (χ4v) is 4.48. The smallest absolute Gasteiger partial charge is 0.240 e. The summed E-state index contributed by atoms with van der Waals surface area (Å²) < 4.78 is 25.4. The number of rotatable bonds is 8. The molecule has 1 heterocycles. The molecule has 0 spiro atoms. The van der Waals surface area contributed by atoms with E-state index in [0.29, 0.717) is 17.3 Å². The molecule has 0 fully saturated rings. The quantitative estimate of drug-likeness (QED) is 0.647. The highest BCUT2D eigenvalue weighted by atomic mass is 35.5. The van der Waals surface area contributed by atoms with Gasteiger partial charge in [0, 0.05) is 30.3 Å². The molecule has 2 aromatic carbocycles. The highest BCUT2D eigenvalue weighted by Gasteiger charge is 2.22. The first-order chi connectivity index (χ1) is 13.8. The molecule has 1 aliphatic rings. The molecule has 1 aliphatic heterocycles. The monoisotopic (exact) mass is 435 g/mol. The summed E-state index contributed by atoms with van der Waals surface area (Å²) in [6.07, 6.45) is 2.92. The van der Waals surface area contributed by atoms with Crippen molar-refractivity contribution in [2.45, 2.75) is 19.8 Å². The molecule has 29 heavy (non-hydrogen) atoms. The summed E-state index contributed by atoms with van der Waals surface area (Å²) in [6, 6.07) is 13.3. The summed E-state index contributed by atoms with van der Waals surface area (Å²) in [5, 5.41) is 3.28. The molecule has 3 rings (SSSR count).